The fraction of sp³-hybridized carbons (Fsp3) is 0.250. The first-order valence-corrected chi connectivity index (χ1v) is 11.8. The molecule has 0 bridgehead atoms. The molecule has 0 aliphatic heterocycles. The smallest absolute Gasteiger partial charge is 0.419 e. The fourth-order valence-electron chi connectivity index (χ4n) is 4.02. The van der Waals surface area contributed by atoms with Gasteiger partial charge in [-0.2, -0.15) is 17.6 Å². The third-order valence-corrected chi connectivity index (χ3v) is 6.08. The molecule has 9 heteroatoms. The van der Waals surface area contributed by atoms with Crippen LogP contribution in [0, 0.1) is 5.95 Å². The first kappa shape index (κ1) is 26.4. The topological polar surface area (TPSA) is 70.2 Å². The van der Waals surface area contributed by atoms with Gasteiger partial charge < -0.3 is 20.1 Å². The van der Waals surface area contributed by atoms with Gasteiger partial charge in [0.2, 0.25) is 5.95 Å². The summed E-state index contributed by atoms with van der Waals surface area (Å²) in [5.41, 5.74) is 0.252. The predicted molar refractivity (Wildman–Crippen MR) is 133 cm³/mol. The van der Waals surface area contributed by atoms with Crippen LogP contribution in [0.4, 0.5) is 17.6 Å². The quantitative estimate of drug-likeness (QED) is 0.230. The predicted octanol–water partition coefficient (Wildman–Crippen LogP) is 6.30. The number of aliphatic hydroxyl groups excluding tert-OH is 1. The van der Waals surface area contributed by atoms with Gasteiger partial charge >= 0.3 is 6.18 Å². The van der Waals surface area contributed by atoms with Crippen LogP contribution < -0.4 is 10.1 Å². The molecule has 0 radical (unpaired) electrons. The van der Waals surface area contributed by atoms with Crippen molar-refractivity contribution in [3.8, 4) is 28.1 Å². The zero-order valence-corrected chi connectivity index (χ0v) is 20.4. The SMILES string of the molecule is CCN[C@@](C)(CO)c1nc(-c2ccc(OCc3ccc(-c4ccccc4)cc3)c(C(F)(F)F)c2)c(F)[nH]1. The van der Waals surface area contributed by atoms with Crippen molar-refractivity contribution in [2.75, 3.05) is 13.2 Å². The second kappa shape index (κ2) is 10.7. The summed E-state index contributed by atoms with van der Waals surface area (Å²) in [6, 6.07) is 20.4. The normalized spacial score (nSPS) is 13.4. The average molecular weight is 514 g/mol. The molecule has 1 atom stereocenters. The molecule has 0 amide bonds. The second-order valence-corrected chi connectivity index (χ2v) is 8.83. The summed E-state index contributed by atoms with van der Waals surface area (Å²) in [5, 5.41) is 12.7. The zero-order chi connectivity index (χ0) is 26.6. The van der Waals surface area contributed by atoms with Gasteiger partial charge in [0.05, 0.1) is 17.7 Å². The van der Waals surface area contributed by atoms with Gasteiger partial charge in [-0.05, 0) is 48.4 Å². The number of alkyl halides is 3. The van der Waals surface area contributed by atoms with Gasteiger partial charge in [-0.25, -0.2) is 4.98 Å². The van der Waals surface area contributed by atoms with Gasteiger partial charge in [0.25, 0.3) is 0 Å². The number of rotatable bonds is 9. The Kier molecular flexibility index (Phi) is 7.65. The summed E-state index contributed by atoms with van der Waals surface area (Å²) < 4.78 is 62.0. The van der Waals surface area contributed by atoms with Crippen LogP contribution >= 0.6 is 0 Å². The Morgan fingerprint density at radius 2 is 1.59 bits per heavy atom. The summed E-state index contributed by atoms with van der Waals surface area (Å²) in [7, 11) is 0. The number of H-pyrrole nitrogens is 1. The molecule has 0 saturated carbocycles. The minimum atomic E-state index is -4.73. The number of hydrogen-bond acceptors (Lipinski definition) is 4. The lowest BCUT2D eigenvalue weighted by Gasteiger charge is -2.25. The summed E-state index contributed by atoms with van der Waals surface area (Å²) in [5.74, 6) is -1.18. The van der Waals surface area contributed by atoms with E-state index < -0.39 is 23.2 Å². The Bertz CT molecular complexity index is 1340. The second-order valence-electron chi connectivity index (χ2n) is 8.83. The van der Waals surface area contributed by atoms with Gasteiger partial charge in [0, 0.05) is 5.56 Å². The average Bonchev–Trinajstić information content (AvgIpc) is 3.30. The Morgan fingerprint density at radius 3 is 2.22 bits per heavy atom. The lowest BCUT2D eigenvalue weighted by Crippen LogP contribution is -2.43. The molecule has 1 heterocycles. The third-order valence-electron chi connectivity index (χ3n) is 6.08. The van der Waals surface area contributed by atoms with E-state index in [2.05, 4.69) is 15.3 Å². The molecule has 0 fully saturated rings. The van der Waals surface area contributed by atoms with E-state index in [0.717, 1.165) is 17.2 Å². The minimum Gasteiger partial charge on any atom is -0.488 e. The molecule has 0 saturated heterocycles. The summed E-state index contributed by atoms with van der Waals surface area (Å²) in [6.45, 7) is 3.42. The molecule has 3 N–H and O–H groups in total. The molecule has 1 aromatic heterocycles. The van der Waals surface area contributed by atoms with Crippen molar-refractivity contribution in [2.45, 2.75) is 32.2 Å². The van der Waals surface area contributed by atoms with Crippen LogP contribution in [0.2, 0.25) is 0 Å². The highest BCUT2D eigenvalue weighted by Gasteiger charge is 2.36. The van der Waals surface area contributed by atoms with E-state index in [1.807, 2.05) is 42.5 Å². The Morgan fingerprint density at radius 1 is 0.946 bits per heavy atom. The van der Waals surface area contributed by atoms with Crippen molar-refractivity contribution < 1.29 is 27.4 Å². The highest BCUT2D eigenvalue weighted by Crippen LogP contribution is 2.39. The van der Waals surface area contributed by atoms with Crippen molar-refractivity contribution in [3.63, 3.8) is 0 Å². The molecule has 0 spiro atoms. The van der Waals surface area contributed by atoms with Crippen LogP contribution in [-0.2, 0) is 18.3 Å². The van der Waals surface area contributed by atoms with Crippen molar-refractivity contribution in [1.29, 1.82) is 0 Å². The van der Waals surface area contributed by atoms with Crippen LogP contribution in [0.5, 0.6) is 5.75 Å². The van der Waals surface area contributed by atoms with Crippen molar-refractivity contribution in [3.05, 3.63) is 95.7 Å². The molecule has 194 valence electrons. The van der Waals surface area contributed by atoms with E-state index in [1.54, 1.807) is 26.0 Å². The van der Waals surface area contributed by atoms with E-state index in [9.17, 15) is 22.7 Å². The zero-order valence-electron chi connectivity index (χ0n) is 20.4. The lowest BCUT2D eigenvalue weighted by atomic mass is 10.0. The van der Waals surface area contributed by atoms with E-state index in [4.69, 9.17) is 4.74 Å². The number of nitrogens with zero attached hydrogens (tertiary/aromatic N) is 1. The van der Waals surface area contributed by atoms with E-state index >= 15 is 0 Å². The number of ether oxygens (including phenoxy) is 1. The van der Waals surface area contributed by atoms with Crippen LogP contribution in [0.15, 0.2) is 72.8 Å². The molecule has 4 aromatic rings. The van der Waals surface area contributed by atoms with Crippen molar-refractivity contribution >= 4 is 0 Å². The molecular formula is C28H27F4N3O2. The number of imidazole rings is 1. The summed E-state index contributed by atoms with van der Waals surface area (Å²) in [6.07, 6.45) is -4.73. The van der Waals surface area contributed by atoms with Crippen LogP contribution in [0.1, 0.15) is 30.8 Å². The van der Waals surface area contributed by atoms with Gasteiger partial charge in [0.1, 0.15) is 23.9 Å². The molecule has 3 aromatic carbocycles. The molecule has 5 nitrogen and oxygen atoms in total. The van der Waals surface area contributed by atoms with Crippen molar-refractivity contribution in [1.82, 2.24) is 15.3 Å². The Balaban J connectivity index is 1.58. The van der Waals surface area contributed by atoms with Crippen LogP contribution in [-0.4, -0.2) is 28.2 Å². The number of aliphatic hydroxyl groups is 1. The van der Waals surface area contributed by atoms with E-state index in [1.165, 1.54) is 12.1 Å². The Hall–Kier alpha value is -3.69. The highest BCUT2D eigenvalue weighted by atomic mass is 19.4. The number of aromatic nitrogens is 2. The minimum absolute atomic E-state index is 0.0660. The summed E-state index contributed by atoms with van der Waals surface area (Å²) >= 11 is 0. The molecular weight excluding hydrogens is 486 g/mol. The van der Waals surface area contributed by atoms with Crippen LogP contribution in [0.3, 0.4) is 0 Å². The fourth-order valence-corrected chi connectivity index (χ4v) is 4.02. The van der Waals surface area contributed by atoms with Crippen molar-refractivity contribution in [2.24, 2.45) is 0 Å². The van der Waals surface area contributed by atoms with Gasteiger partial charge in [-0.3, -0.25) is 0 Å². The maximum absolute atomic E-state index is 14.7. The number of halogens is 4. The number of nitrogens with one attached hydrogen (secondary N) is 2. The maximum atomic E-state index is 14.7. The number of aromatic amines is 1. The number of likely N-dealkylation sites (N-methyl/N-ethyl adjacent to an activating group) is 1. The van der Waals surface area contributed by atoms with Gasteiger partial charge in [-0.1, -0.05) is 61.5 Å². The molecule has 0 unspecified atom stereocenters. The van der Waals surface area contributed by atoms with Crippen LogP contribution in [0.25, 0.3) is 22.4 Å². The first-order chi connectivity index (χ1) is 17.6. The van der Waals surface area contributed by atoms with Gasteiger partial charge in [-0.15, -0.1) is 0 Å². The number of hydrogen-bond donors (Lipinski definition) is 3. The third kappa shape index (κ3) is 5.84. The summed E-state index contributed by atoms with van der Waals surface area (Å²) in [4.78, 5) is 6.60. The lowest BCUT2D eigenvalue weighted by molar-refractivity contribution is -0.139. The standard InChI is InChI=1S/C28H27F4N3O2/c1-3-33-27(2,17-36)26-34-24(25(29)35-26)21-13-14-23(22(15-21)28(30,31)32)37-16-18-9-11-20(12-10-18)19-7-5-4-6-8-19/h4-15,33,36H,3,16-17H2,1-2H3,(H,34,35)/t27-/m0/s1. The maximum Gasteiger partial charge on any atom is 0.419 e. The van der Waals surface area contributed by atoms with E-state index in [-0.39, 0.29) is 36.0 Å². The Labute approximate surface area is 212 Å². The van der Waals surface area contributed by atoms with Gasteiger partial charge in [0.15, 0.2) is 0 Å². The van der Waals surface area contributed by atoms with E-state index in [0.29, 0.717) is 12.1 Å². The largest absolute Gasteiger partial charge is 0.488 e. The molecule has 0 aliphatic rings. The monoisotopic (exact) mass is 513 g/mol. The first-order valence-electron chi connectivity index (χ1n) is 11.8. The molecule has 4 rings (SSSR count). The highest BCUT2D eigenvalue weighted by molar-refractivity contribution is 5.64. The molecule has 37 heavy (non-hydrogen) atoms. The molecule has 0 aliphatic carbocycles. The number of benzene rings is 3.